The molecule has 1 rings (SSSR count). The van der Waals surface area contributed by atoms with Gasteiger partial charge < -0.3 is 4.74 Å². The highest BCUT2D eigenvalue weighted by Crippen LogP contribution is 2.33. The smallest absolute Gasteiger partial charge is 0.0760 e. The van der Waals surface area contributed by atoms with Crippen molar-refractivity contribution in [2.45, 2.75) is 18.9 Å². The monoisotopic (exact) mass is 151 g/mol. The Morgan fingerprint density at radius 1 is 1.82 bits per heavy atom. The van der Waals surface area contributed by atoms with E-state index in [9.17, 15) is 0 Å². The lowest BCUT2D eigenvalue weighted by molar-refractivity contribution is 0.0556. The van der Waals surface area contributed by atoms with Crippen molar-refractivity contribution in [1.29, 1.82) is 5.26 Å². The molecule has 0 N–H and O–H groups in total. The van der Waals surface area contributed by atoms with E-state index in [2.05, 4.69) is 13.0 Å². The Balaban J connectivity index is 2.56. The van der Waals surface area contributed by atoms with E-state index < -0.39 is 0 Å². The van der Waals surface area contributed by atoms with Crippen LogP contribution in [0.25, 0.3) is 0 Å². The van der Waals surface area contributed by atoms with E-state index in [1.807, 2.05) is 6.42 Å². The third kappa shape index (κ3) is 1.54. The average Bonchev–Trinajstić information content (AvgIpc) is 2.45. The molecule has 0 aromatic heterocycles. The minimum absolute atomic E-state index is 0.0215. The van der Waals surface area contributed by atoms with Crippen LogP contribution in [-0.2, 0) is 4.74 Å². The van der Waals surface area contributed by atoms with Gasteiger partial charge in [0.2, 0.25) is 0 Å². The molecule has 60 valence electrons. The Labute approximate surface area is 68.2 Å². The molecule has 3 unspecified atom stereocenters. The highest BCUT2D eigenvalue weighted by atomic mass is 16.5. The molecule has 11 heavy (non-hydrogen) atoms. The van der Waals surface area contributed by atoms with Gasteiger partial charge in [0.1, 0.15) is 0 Å². The van der Waals surface area contributed by atoms with Crippen LogP contribution in [0.5, 0.6) is 0 Å². The first-order chi connectivity index (χ1) is 5.33. The average molecular weight is 151 g/mol. The fourth-order valence-electron chi connectivity index (χ4n) is 1.63. The molecule has 0 amide bonds. The molecule has 0 bridgehead atoms. The Morgan fingerprint density at radius 2 is 2.55 bits per heavy atom. The molecule has 0 spiro atoms. The van der Waals surface area contributed by atoms with Gasteiger partial charge in [0, 0.05) is 7.11 Å². The fraction of sp³-hybridized carbons (Fsp3) is 0.667. The van der Waals surface area contributed by atoms with Gasteiger partial charge in [-0.05, 0) is 25.2 Å². The van der Waals surface area contributed by atoms with E-state index in [1.165, 1.54) is 0 Å². The fourth-order valence-corrected chi connectivity index (χ4v) is 1.63. The SMILES string of the molecule is [CH2]CC1C[CH]C(C#N)C1OC. The van der Waals surface area contributed by atoms with Gasteiger partial charge in [-0.2, -0.15) is 5.26 Å². The summed E-state index contributed by atoms with van der Waals surface area (Å²) in [4.78, 5) is 0. The summed E-state index contributed by atoms with van der Waals surface area (Å²) in [7, 11) is 1.66. The lowest BCUT2D eigenvalue weighted by Gasteiger charge is -2.17. The van der Waals surface area contributed by atoms with Crippen LogP contribution in [0.1, 0.15) is 12.8 Å². The molecule has 3 atom stereocenters. The maximum Gasteiger partial charge on any atom is 0.0760 e. The van der Waals surface area contributed by atoms with Crippen molar-refractivity contribution in [2.75, 3.05) is 7.11 Å². The molecular weight excluding hydrogens is 138 g/mol. The molecule has 0 aliphatic heterocycles. The van der Waals surface area contributed by atoms with Gasteiger partial charge >= 0.3 is 0 Å². The third-order valence-corrected chi connectivity index (χ3v) is 2.30. The van der Waals surface area contributed by atoms with Crippen molar-refractivity contribution in [2.24, 2.45) is 11.8 Å². The predicted octanol–water partition coefficient (Wildman–Crippen LogP) is 1.59. The molecule has 1 fully saturated rings. The number of hydrogen-bond donors (Lipinski definition) is 0. The number of rotatable bonds is 2. The van der Waals surface area contributed by atoms with E-state index in [0.717, 1.165) is 12.8 Å². The summed E-state index contributed by atoms with van der Waals surface area (Å²) in [6, 6.07) is 2.22. The van der Waals surface area contributed by atoms with E-state index in [-0.39, 0.29) is 12.0 Å². The van der Waals surface area contributed by atoms with Gasteiger partial charge in [-0.1, -0.05) is 6.92 Å². The van der Waals surface area contributed by atoms with Crippen LogP contribution in [-0.4, -0.2) is 13.2 Å². The van der Waals surface area contributed by atoms with Crippen LogP contribution in [0.4, 0.5) is 0 Å². The maximum atomic E-state index is 8.70. The number of ether oxygens (including phenoxy) is 1. The summed E-state index contributed by atoms with van der Waals surface area (Å²) >= 11 is 0. The quantitative estimate of drug-likeness (QED) is 0.600. The van der Waals surface area contributed by atoms with Crippen molar-refractivity contribution in [1.82, 2.24) is 0 Å². The highest BCUT2D eigenvalue weighted by molar-refractivity contribution is 5.07. The van der Waals surface area contributed by atoms with Gasteiger partial charge in [0.15, 0.2) is 0 Å². The number of nitrogens with zero attached hydrogens (tertiary/aromatic N) is 1. The second-order valence-corrected chi connectivity index (χ2v) is 2.88. The summed E-state index contributed by atoms with van der Waals surface area (Å²) in [5.41, 5.74) is 0. The number of nitriles is 1. The van der Waals surface area contributed by atoms with Crippen molar-refractivity contribution >= 4 is 0 Å². The highest BCUT2D eigenvalue weighted by Gasteiger charge is 2.35. The second-order valence-electron chi connectivity index (χ2n) is 2.88. The molecule has 1 aliphatic rings. The summed E-state index contributed by atoms with van der Waals surface area (Å²) in [6.07, 6.45) is 3.94. The summed E-state index contributed by atoms with van der Waals surface area (Å²) in [6.45, 7) is 3.83. The lowest BCUT2D eigenvalue weighted by atomic mass is 9.99. The topological polar surface area (TPSA) is 33.0 Å². The number of hydrogen-bond acceptors (Lipinski definition) is 2. The second kappa shape index (κ2) is 3.73. The largest absolute Gasteiger partial charge is 0.380 e. The van der Waals surface area contributed by atoms with E-state index in [4.69, 9.17) is 10.00 Å². The minimum atomic E-state index is -0.0215. The molecule has 1 saturated carbocycles. The molecule has 2 radical (unpaired) electrons. The first-order valence-electron chi connectivity index (χ1n) is 3.88. The van der Waals surface area contributed by atoms with Gasteiger partial charge in [-0.3, -0.25) is 0 Å². The molecule has 0 aromatic carbocycles. The van der Waals surface area contributed by atoms with Crippen LogP contribution in [0.2, 0.25) is 0 Å². The normalized spacial score (nSPS) is 37.0. The first-order valence-corrected chi connectivity index (χ1v) is 3.88. The van der Waals surface area contributed by atoms with Crippen molar-refractivity contribution < 1.29 is 4.74 Å². The van der Waals surface area contributed by atoms with Crippen LogP contribution >= 0.6 is 0 Å². The maximum absolute atomic E-state index is 8.70. The van der Waals surface area contributed by atoms with E-state index in [1.54, 1.807) is 7.11 Å². The van der Waals surface area contributed by atoms with Crippen molar-refractivity contribution in [3.05, 3.63) is 13.3 Å². The van der Waals surface area contributed by atoms with E-state index in [0.29, 0.717) is 5.92 Å². The van der Waals surface area contributed by atoms with Crippen molar-refractivity contribution in [3.63, 3.8) is 0 Å². The van der Waals surface area contributed by atoms with Crippen molar-refractivity contribution in [3.8, 4) is 6.07 Å². The zero-order valence-electron chi connectivity index (χ0n) is 6.79. The zero-order valence-corrected chi connectivity index (χ0v) is 6.79. The molecule has 2 nitrogen and oxygen atoms in total. The number of methoxy groups -OCH3 is 1. The first kappa shape index (κ1) is 8.55. The van der Waals surface area contributed by atoms with Gasteiger partial charge in [-0.25, -0.2) is 0 Å². The molecule has 1 aliphatic carbocycles. The van der Waals surface area contributed by atoms with E-state index >= 15 is 0 Å². The Morgan fingerprint density at radius 3 is 3.00 bits per heavy atom. The van der Waals surface area contributed by atoms with Crippen LogP contribution in [0.3, 0.4) is 0 Å². The lowest BCUT2D eigenvalue weighted by Crippen LogP contribution is -2.22. The van der Waals surface area contributed by atoms with Crippen LogP contribution < -0.4 is 0 Å². The van der Waals surface area contributed by atoms with Crippen LogP contribution in [0.15, 0.2) is 0 Å². The third-order valence-electron chi connectivity index (χ3n) is 2.30. The molecule has 0 heterocycles. The standard InChI is InChI=1S/C9H13NO/c1-3-7-4-5-8(6-10)9(7)11-2/h5,7-9H,1,3-4H2,2H3. The summed E-state index contributed by atoms with van der Waals surface area (Å²) < 4.78 is 5.22. The Kier molecular flexibility index (Phi) is 2.90. The van der Waals surface area contributed by atoms with Gasteiger partial charge in [0.25, 0.3) is 0 Å². The molecule has 0 saturated heterocycles. The predicted molar refractivity (Wildman–Crippen MR) is 42.3 cm³/mol. The van der Waals surface area contributed by atoms with Gasteiger partial charge in [0.05, 0.1) is 18.1 Å². The summed E-state index contributed by atoms with van der Waals surface area (Å²) in [5.74, 6) is 0.427. The minimum Gasteiger partial charge on any atom is -0.380 e. The van der Waals surface area contributed by atoms with Crippen LogP contribution in [0, 0.1) is 36.5 Å². The molecule has 0 aromatic rings. The zero-order chi connectivity index (χ0) is 8.27. The Bertz CT molecular complexity index is 161. The summed E-state index contributed by atoms with van der Waals surface area (Å²) in [5, 5.41) is 8.70. The Hall–Kier alpha value is -0.550. The van der Waals surface area contributed by atoms with Gasteiger partial charge in [-0.15, -0.1) is 0 Å². The molecular formula is C9H13NO. The molecule has 2 heteroatoms.